The van der Waals surface area contributed by atoms with Gasteiger partial charge in [-0.25, -0.2) is 8.78 Å². The summed E-state index contributed by atoms with van der Waals surface area (Å²) in [6.07, 6.45) is 3.30. The van der Waals surface area contributed by atoms with Gasteiger partial charge >= 0.3 is 0 Å². The topological polar surface area (TPSA) is 67.3 Å². The fraction of sp³-hybridized carbons (Fsp3) is 0.600. The van der Waals surface area contributed by atoms with Gasteiger partial charge < -0.3 is 21.7 Å². The number of hydrogen-bond donors (Lipinski definition) is 3. The van der Waals surface area contributed by atoms with Gasteiger partial charge in [-0.1, -0.05) is 9.24 Å². The van der Waals surface area contributed by atoms with Crippen LogP contribution in [-0.2, 0) is 0 Å². The lowest BCUT2D eigenvalue weighted by Crippen LogP contribution is -2.56. The Morgan fingerprint density at radius 1 is 1.47 bits per heavy atom. The third-order valence-corrected chi connectivity index (χ3v) is 2.92. The summed E-state index contributed by atoms with van der Waals surface area (Å²) in [6.45, 7) is 3.00. The summed E-state index contributed by atoms with van der Waals surface area (Å²) in [5.74, 6) is 0.454. The zero-order chi connectivity index (χ0) is 13.1. The van der Waals surface area contributed by atoms with Crippen LogP contribution in [0.3, 0.4) is 0 Å². The number of nitrogens with one attached hydrogen (secondary N) is 1. The molecule has 2 unspecified atom stereocenters. The van der Waals surface area contributed by atoms with Crippen molar-refractivity contribution in [1.82, 2.24) is 10.2 Å². The van der Waals surface area contributed by atoms with Gasteiger partial charge in [-0.3, -0.25) is 0 Å². The van der Waals surface area contributed by atoms with Crippen LogP contribution in [0.25, 0.3) is 0 Å². The predicted molar refractivity (Wildman–Crippen MR) is 68.2 cm³/mol. The molecule has 2 atom stereocenters. The van der Waals surface area contributed by atoms with Crippen molar-refractivity contribution in [3.8, 4) is 0 Å². The Labute approximate surface area is 102 Å². The molecule has 0 aromatic heterocycles. The van der Waals surface area contributed by atoms with Gasteiger partial charge in [0.1, 0.15) is 0 Å². The van der Waals surface area contributed by atoms with Crippen LogP contribution in [0.5, 0.6) is 0 Å². The van der Waals surface area contributed by atoms with E-state index in [0.29, 0.717) is 24.6 Å². The molecule has 0 aromatic carbocycles. The number of hydrogen-bond acceptors (Lipinski definition) is 4. The van der Waals surface area contributed by atoms with Crippen LogP contribution in [0, 0.1) is 0 Å². The van der Waals surface area contributed by atoms with Crippen LogP contribution >= 0.6 is 9.24 Å². The van der Waals surface area contributed by atoms with E-state index in [4.69, 9.17) is 11.5 Å². The highest BCUT2D eigenvalue weighted by molar-refractivity contribution is 7.18. The number of allylic oxidation sites excluding steroid dienone is 3. The summed E-state index contributed by atoms with van der Waals surface area (Å²) in [7, 11) is 1.56. The molecule has 1 aliphatic rings. The molecule has 0 saturated carbocycles. The van der Waals surface area contributed by atoms with Crippen molar-refractivity contribution in [3.63, 3.8) is 0 Å². The molecule has 1 saturated heterocycles. The Kier molecular flexibility index (Phi) is 4.71. The number of nitrogens with zero attached hydrogens (tertiary/aromatic N) is 1. The highest BCUT2D eigenvalue weighted by atomic mass is 31.0. The van der Waals surface area contributed by atoms with E-state index in [-0.39, 0.29) is 6.54 Å². The van der Waals surface area contributed by atoms with E-state index in [1.165, 1.54) is 0 Å². The molecule has 7 heteroatoms. The molecule has 1 aliphatic heterocycles. The third kappa shape index (κ3) is 4.48. The van der Waals surface area contributed by atoms with Crippen molar-refractivity contribution in [1.29, 1.82) is 0 Å². The summed E-state index contributed by atoms with van der Waals surface area (Å²) in [5.41, 5.74) is 9.07. The molecular formula is C10H19F2N4P. The molecule has 0 radical (unpaired) electrons. The predicted octanol–water partition coefficient (Wildman–Crippen LogP) is 0.391. The van der Waals surface area contributed by atoms with Gasteiger partial charge in [0.15, 0.2) is 0 Å². The Morgan fingerprint density at radius 3 is 2.65 bits per heavy atom. The summed E-state index contributed by atoms with van der Waals surface area (Å²) >= 11 is 0. The Morgan fingerprint density at radius 2 is 2.12 bits per heavy atom. The molecule has 0 bridgehead atoms. The maximum atomic E-state index is 13.1. The molecule has 5 N–H and O–H groups in total. The van der Waals surface area contributed by atoms with Gasteiger partial charge in [0.05, 0.1) is 11.9 Å². The highest BCUT2D eigenvalue weighted by Crippen LogP contribution is 2.28. The smallest absolute Gasteiger partial charge is 0.275 e. The average Bonchev–Trinajstić information content (AvgIpc) is 2.25. The second-order valence-corrected chi connectivity index (χ2v) is 4.90. The molecule has 0 amide bonds. The molecule has 1 heterocycles. The van der Waals surface area contributed by atoms with Crippen LogP contribution in [-0.4, -0.2) is 36.2 Å². The second-order valence-electron chi connectivity index (χ2n) is 4.13. The molecule has 1 fully saturated rings. The van der Waals surface area contributed by atoms with Gasteiger partial charge in [0.2, 0.25) is 0 Å². The largest absolute Gasteiger partial charge is 0.402 e. The lowest BCUT2D eigenvalue weighted by atomic mass is 10.2. The first kappa shape index (κ1) is 14.2. The van der Waals surface area contributed by atoms with Crippen molar-refractivity contribution >= 4 is 9.24 Å². The summed E-state index contributed by atoms with van der Waals surface area (Å²) in [6, 6.07) is -0.906. The van der Waals surface area contributed by atoms with Crippen molar-refractivity contribution in [2.45, 2.75) is 18.6 Å². The minimum absolute atomic E-state index is 0.177. The molecule has 1 rings (SSSR count). The normalized spacial score (nSPS) is 24.0. The van der Waals surface area contributed by atoms with E-state index in [1.54, 1.807) is 33.2 Å². The minimum atomic E-state index is -2.83. The van der Waals surface area contributed by atoms with Crippen LogP contribution in [0.4, 0.5) is 8.78 Å². The number of piperazine rings is 1. The Bertz CT molecular complexity index is 321. The maximum Gasteiger partial charge on any atom is 0.275 e. The number of nitrogens with two attached hydrogens (primary N) is 2. The fourth-order valence-corrected chi connectivity index (χ4v) is 1.79. The zero-order valence-corrected chi connectivity index (χ0v) is 10.9. The molecule has 0 aliphatic carbocycles. The monoisotopic (exact) mass is 264 g/mol. The van der Waals surface area contributed by atoms with Gasteiger partial charge in [-0.15, -0.1) is 0 Å². The van der Waals surface area contributed by atoms with E-state index in [2.05, 4.69) is 5.32 Å². The lowest BCUT2D eigenvalue weighted by Gasteiger charge is -2.37. The van der Waals surface area contributed by atoms with Gasteiger partial charge in [-0.05, 0) is 19.1 Å². The summed E-state index contributed by atoms with van der Waals surface area (Å²) in [5, 5.41) is 2.77. The molecule has 17 heavy (non-hydrogen) atoms. The molecule has 4 nitrogen and oxygen atoms in total. The van der Waals surface area contributed by atoms with Crippen LogP contribution in [0.15, 0.2) is 23.7 Å². The zero-order valence-electron chi connectivity index (χ0n) is 9.79. The van der Waals surface area contributed by atoms with E-state index < -0.39 is 11.7 Å². The fourth-order valence-electron chi connectivity index (χ4n) is 1.56. The maximum absolute atomic E-state index is 13.1. The van der Waals surface area contributed by atoms with Crippen molar-refractivity contribution in [3.05, 3.63) is 23.7 Å². The lowest BCUT2D eigenvalue weighted by molar-refractivity contribution is 0.0319. The van der Waals surface area contributed by atoms with Gasteiger partial charge in [0.25, 0.3) is 5.66 Å². The number of alkyl halides is 2. The van der Waals surface area contributed by atoms with E-state index in [1.807, 2.05) is 0 Å². The molecular weight excluding hydrogens is 245 g/mol. The van der Waals surface area contributed by atoms with E-state index in [9.17, 15) is 8.78 Å². The van der Waals surface area contributed by atoms with Gasteiger partial charge in [-0.2, -0.15) is 0 Å². The van der Waals surface area contributed by atoms with Crippen molar-refractivity contribution in [2.24, 2.45) is 11.5 Å². The van der Waals surface area contributed by atoms with Crippen LogP contribution < -0.4 is 16.8 Å². The van der Waals surface area contributed by atoms with Crippen molar-refractivity contribution < 1.29 is 8.78 Å². The molecule has 98 valence electrons. The Balaban J connectivity index is 2.67. The van der Waals surface area contributed by atoms with Crippen LogP contribution in [0.1, 0.15) is 6.92 Å². The third-order valence-electron chi connectivity index (χ3n) is 2.52. The first-order valence-corrected chi connectivity index (χ1v) is 5.93. The van der Waals surface area contributed by atoms with E-state index in [0.717, 1.165) is 0 Å². The average molecular weight is 264 g/mol. The quantitative estimate of drug-likeness (QED) is 0.509. The SMILES string of the molecule is C/C(N)=C/C=C(\N)N1CCNC(C(F)(F)P)C1. The first-order valence-electron chi connectivity index (χ1n) is 5.35. The summed E-state index contributed by atoms with van der Waals surface area (Å²) < 4.78 is 26.3. The van der Waals surface area contributed by atoms with Crippen LogP contribution in [0.2, 0.25) is 0 Å². The standard InChI is InChI=1S/C10H19F2N4P/c1-7(13)2-3-9(14)16-5-4-15-8(6-16)10(11,12)17/h2-3,8,15H,4-6,13-14,17H2,1H3/b7-2-,9-3+. The molecule has 0 spiro atoms. The minimum Gasteiger partial charge on any atom is -0.402 e. The summed E-state index contributed by atoms with van der Waals surface area (Å²) in [4.78, 5) is 1.72. The second kappa shape index (κ2) is 5.65. The highest BCUT2D eigenvalue weighted by Gasteiger charge is 2.37. The van der Waals surface area contributed by atoms with E-state index >= 15 is 0 Å². The number of rotatable bonds is 3. The Hall–Kier alpha value is -0.870. The first-order chi connectivity index (χ1) is 7.80. The van der Waals surface area contributed by atoms with Gasteiger partial charge in [0, 0.05) is 25.3 Å². The van der Waals surface area contributed by atoms with Crippen molar-refractivity contribution in [2.75, 3.05) is 19.6 Å². The molecule has 0 aromatic rings. The number of halogens is 2.